The van der Waals surface area contributed by atoms with E-state index in [1.165, 1.54) is 44.3 Å². The molecule has 1 unspecified atom stereocenters. The molecule has 1 saturated heterocycles. The fourth-order valence-corrected chi connectivity index (χ4v) is 5.13. The van der Waals surface area contributed by atoms with E-state index >= 15 is 0 Å². The van der Waals surface area contributed by atoms with Crippen molar-refractivity contribution in [2.24, 2.45) is 11.3 Å². The Morgan fingerprint density at radius 1 is 1.15 bits per heavy atom. The minimum Gasteiger partial charge on any atom is -0.372 e. The van der Waals surface area contributed by atoms with Gasteiger partial charge in [0.1, 0.15) is 0 Å². The van der Waals surface area contributed by atoms with Crippen LogP contribution in [0, 0.1) is 11.3 Å². The average molecular weight is 358 g/mol. The Hall–Kier alpha value is -1.55. The first-order chi connectivity index (χ1) is 12.6. The van der Waals surface area contributed by atoms with Crippen molar-refractivity contribution in [1.82, 2.24) is 10.2 Å². The van der Waals surface area contributed by atoms with Gasteiger partial charge in [0.2, 0.25) is 0 Å². The van der Waals surface area contributed by atoms with E-state index < -0.39 is 0 Å². The molecule has 0 bridgehead atoms. The number of carbonyl (C=O) groups is 1. The quantitative estimate of drug-likeness (QED) is 0.842. The molecule has 1 aromatic carbocycles. The third-order valence-electron chi connectivity index (χ3n) is 6.60. The van der Waals surface area contributed by atoms with Crippen molar-refractivity contribution in [3.8, 4) is 0 Å². The molecular weight excluding hydrogens is 322 g/mol. The highest BCUT2D eigenvalue weighted by Gasteiger charge is 2.45. The van der Waals surface area contributed by atoms with Gasteiger partial charge in [-0.1, -0.05) is 19.3 Å². The number of nitrogens with zero attached hydrogens (tertiary/aromatic N) is 2. The molecule has 144 valence electrons. The van der Waals surface area contributed by atoms with Crippen molar-refractivity contribution in [3.05, 3.63) is 29.8 Å². The number of hydrogen-bond donors (Lipinski definition) is 1. The molecule has 2 aliphatic rings. The zero-order chi connectivity index (χ0) is 18.6. The lowest BCUT2D eigenvalue weighted by Gasteiger charge is -2.38. The molecule has 0 radical (unpaired) electrons. The highest BCUT2D eigenvalue weighted by Crippen LogP contribution is 2.46. The molecule has 0 aromatic heterocycles. The Morgan fingerprint density at radius 2 is 1.81 bits per heavy atom. The first kappa shape index (κ1) is 19.2. The second kappa shape index (κ2) is 8.43. The van der Waals surface area contributed by atoms with E-state index in [9.17, 15) is 4.79 Å². The highest BCUT2D eigenvalue weighted by atomic mass is 16.1. The zero-order valence-electron chi connectivity index (χ0n) is 16.8. The predicted octanol–water partition coefficient (Wildman–Crippen LogP) is 3.77. The molecule has 4 nitrogen and oxygen atoms in total. The first-order valence-corrected chi connectivity index (χ1v) is 10.4. The monoisotopic (exact) mass is 357 g/mol. The van der Waals surface area contributed by atoms with Gasteiger partial charge in [-0.05, 0) is 69.3 Å². The molecule has 4 heteroatoms. The summed E-state index contributed by atoms with van der Waals surface area (Å²) in [5.41, 5.74) is 2.39. The maximum Gasteiger partial charge on any atom is 0.251 e. The van der Waals surface area contributed by atoms with Crippen molar-refractivity contribution < 1.29 is 4.79 Å². The van der Waals surface area contributed by atoms with E-state index in [2.05, 4.69) is 48.1 Å². The largest absolute Gasteiger partial charge is 0.372 e. The van der Waals surface area contributed by atoms with Gasteiger partial charge in [0.15, 0.2) is 0 Å². The van der Waals surface area contributed by atoms with E-state index in [0.717, 1.165) is 31.7 Å². The summed E-state index contributed by atoms with van der Waals surface area (Å²) in [6.45, 7) is 9.40. The van der Waals surface area contributed by atoms with Crippen LogP contribution in [-0.4, -0.2) is 50.6 Å². The lowest BCUT2D eigenvalue weighted by atomic mass is 9.67. The molecule has 1 saturated carbocycles. The van der Waals surface area contributed by atoms with Crippen LogP contribution < -0.4 is 10.2 Å². The Balaban J connectivity index is 1.59. The van der Waals surface area contributed by atoms with Gasteiger partial charge in [0.05, 0.1) is 0 Å². The second-order valence-electron chi connectivity index (χ2n) is 8.25. The van der Waals surface area contributed by atoms with E-state index in [0.29, 0.717) is 11.3 Å². The van der Waals surface area contributed by atoms with E-state index in [4.69, 9.17) is 0 Å². The predicted molar refractivity (Wildman–Crippen MR) is 109 cm³/mol. The molecule has 1 heterocycles. The van der Waals surface area contributed by atoms with Crippen molar-refractivity contribution in [3.63, 3.8) is 0 Å². The highest BCUT2D eigenvalue weighted by molar-refractivity contribution is 5.94. The van der Waals surface area contributed by atoms with Crippen molar-refractivity contribution >= 4 is 11.6 Å². The van der Waals surface area contributed by atoms with E-state index in [-0.39, 0.29) is 5.91 Å². The molecule has 26 heavy (non-hydrogen) atoms. The van der Waals surface area contributed by atoms with Crippen LogP contribution in [0.5, 0.6) is 0 Å². The summed E-state index contributed by atoms with van der Waals surface area (Å²) in [6, 6.07) is 8.04. The van der Waals surface area contributed by atoms with Crippen LogP contribution in [0.15, 0.2) is 24.3 Å². The van der Waals surface area contributed by atoms with Crippen LogP contribution in [0.25, 0.3) is 0 Å². The number of hydrogen-bond acceptors (Lipinski definition) is 3. The third kappa shape index (κ3) is 4.06. The Labute approximate surface area is 158 Å². The summed E-state index contributed by atoms with van der Waals surface area (Å²) in [7, 11) is 2.23. The Kier molecular flexibility index (Phi) is 6.23. The lowest BCUT2D eigenvalue weighted by Crippen LogP contribution is -2.40. The molecule has 1 N–H and O–H groups in total. The van der Waals surface area contributed by atoms with Gasteiger partial charge in [0.25, 0.3) is 5.91 Å². The maximum absolute atomic E-state index is 12.6. The third-order valence-corrected chi connectivity index (χ3v) is 6.60. The Bertz CT molecular complexity index is 588. The van der Waals surface area contributed by atoms with Gasteiger partial charge in [0, 0.05) is 44.0 Å². The summed E-state index contributed by atoms with van der Waals surface area (Å²) in [6.07, 6.45) is 6.74. The lowest BCUT2D eigenvalue weighted by molar-refractivity contribution is 0.0916. The van der Waals surface area contributed by atoms with Crippen molar-refractivity contribution in [2.45, 2.75) is 46.0 Å². The SMILES string of the molecule is CCN(CC)c1ccc(C(=O)NCC2CN(C)CC23CCCCC3)cc1. The van der Waals surface area contributed by atoms with Crippen LogP contribution in [0.1, 0.15) is 56.3 Å². The fourth-order valence-electron chi connectivity index (χ4n) is 5.13. The van der Waals surface area contributed by atoms with E-state index in [1.54, 1.807) is 0 Å². The van der Waals surface area contributed by atoms with Gasteiger partial charge in [-0.15, -0.1) is 0 Å². The van der Waals surface area contributed by atoms with Crippen LogP contribution in [0.3, 0.4) is 0 Å². The second-order valence-corrected chi connectivity index (χ2v) is 8.25. The number of rotatable bonds is 6. The molecule has 1 amide bonds. The normalized spacial score (nSPS) is 22.5. The average Bonchev–Trinajstić information content (AvgIpc) is 2.96. The van der Waals surface area contributed by atoms with Crippen molar-refractivity contribution in [2.75, 3.05) is 44.7 Å². The molecular formula is C22H35N3O. The van der Waals surface area contributed by atoms with Gasteiger partial charge >= 0.3 is 0 Å². The van der Waals surface area contributed by atoms with Crippen LogP contribution in [0.2, 0.25) is 0 Å². The number of nitrogens with one attached hydrogen (secondary N) is 1. The number of anilines is 1. The summed E-state index contributed by atoms with van der Waals surface area (Å²) >= 11 is 0. The summed E-state index contributed by atoms with van der Waals surface area (Å²) < 4.78 is 0. The molecule has 2 fully saturated rings. The molecule has 1 aromatic rings. The molecule has 1 atom stereocenters. The topological polar surface area (TPSA) is 35.6 Å². The van der Waals surface area contributed by atoms with Gasteiger partial charge < -0.3 is 15.1 Å². The molecule has 1 aliphatic heterocycles. The van der Waals surface area contributed by atoms with Crippen LogP contribution in [0.4, 0.5) is 5.69 Å². The summed E-state index contributed by atoms with van der Waals surface area (Å²) in [5.74, 6) is 0.656. The summed E-state index contributed by atoms with van der Waals surface area (Å²) in [5, 5.41) is 3.23. The smallest absolute Gasteiger partial charge is 0.251 e. The van der Waals surface area contributed by atoms with Gasteiger partial charge in [-0.25, -0.2) is 0 Å². The van der Waals surface area contributed by atoms with Gasteiger partial charge in [-0.3, -0.25) is 4.79 Å². The number of amides is 1. The standard InChI is InChI=1S/C22H35N3O/c1-4-25(5-2)20-11-9-18(10-12-20)21(26)23-15-19-16-24(3)17-22(19)13-7-6-8-14-22/h9-12,19H,4-8,13-17H2,1-3H3,(H,23,26). The van der Waals surface area contributed by atoms with Crippen LogP contribution >= 0.6 is 0 Å². The number of carbonyl (C=O) groups excluding carboxylic acids is 1. The Morgan fingerprint density at radius 3 is 2.42 bits per heavy atom. The minimum atomic E-state index is 0.0663. The zero-order valence-corrected chi connectivity index (χ0v) is 16.8. The molecule has 1 spiro atoms. The van der Waals surface area contributed by atoms with Crippen molar-refractivity contribution in [1.29, 1.82) is 0 Å². The molecule has 1 aliphatic carbocycles. The number of likely N-dealkylation sites (tertiary alicyclic amines) is 1. The maximum atomic E-state index is 12.6. The minimum absolute atomic E-state index is 0.0663. The summed E-state index contributed by atoms with van der Waals surface area (Å²) in [4.78, 5) is 17.4. The van der Waals surface area contributed by atoms with Crippen LogP contribution in [-0.2, 0) is 0 Å². The van der Waals surface area contributed by atoms with Gasteiger partial charge in [-0.2, -0.15) is 0 Å². The fraction of sp³-hybridized carbons (Fsp3) is 0.682. The number of benzene rings is 1. The van der Waals surface area contributed by atoms with E-state index in [1.807, 2.05) is 12.1 Å². The first-order valence-electron chi connectivity index (χ1n) is 10.4. The molecule has 3 rings (SSSR count).